The Bertz CT molecular complexity index is 738. The number of nitrogens with one attached hydrogen (secondary N) is 1. The molecule has 0 aliphatic rings. The molecule has 0 fully saturated rings. The summed E-state index contributed by atoms with van der Waals surface area (Å²) >= 11 is 1.57. The Hall–Kier alpha value is -2.60. The minimum atomic E-state index is -0.160. The maximum Gasteiger partial charge on any atom is 0.244 e. The molecule has 24 heavy (non-hydrogen) atoms. The summed E-state index contributed by atoms with van der Waals surface area (Å²) in [6.45, 7) is 6.44. The molecular formula is C18H20N2O3S. The summed E-state index contributed by atoms with van der Waals surface area (Å²) in [5.41, 5.74) is 0.849. The highest BCUT2D eigenvalue weighted by atomic mass is 32.1. The predicted molar refractivity (Wildman–Crippen MR) is 96.4 cm³/mol. The van der Waals surface area contributed by atoms with Crippen molar-refractivity contribution in [3.8, 4) is 11.5 Å². The Morgan fingerprint density at radius 1 is 1.42 bits per heavy atom. The topological polar surface area (TPSA) is 60.5 Å². The van der Waals surface area contributed by atoms with E-state index in [1.807, 2.05) is 19.1 Å². The van der Waals surface area contributed by atoms with Crippen LogP contribution in [0.5, 0.6) is 11.5 Å². The second-order valence-corrected chi connectivity index (χ2v) is 6.23. The highest BCUT2D eigenvalue weighted by Gasteiger charge is 2.05. The Balaban J connectivity index is 1.94. The molecule has 0 aliphatic heterocycles. The second kappa shape index (κ2) is 8.88. The molecule has 1 aromatic heterocycles. The molecule has 0 aliphatic carbocycles. The van der Waals surface area contributed by atoms with E-state index >= 15 is 0 Å². The van der Waals surface area contributed by atoms with Crippen LogP contribution >= 0.6 is 11.3 Å². The van der Waals surface area contributed by atoms with Gasteiger partial charge >= 0.3 is 0 Å². The molecule has 5 nitrogen and oxygen atoms in total. The van der Waals surface area contributed by atoms with Gasteiger partial charge < -0.3 is 14.8 Å². The molecule has 1 amide bonds. The molecular weight excluding hydrogens is 324 g/mol. The van der Waals surface area contributed by atoms with Gasteiger partial charge in [0.1, 0.15) is 6.61 Å². The van der Waals surface area contributed by atoms with Gasteiger partial charge in [-0.25, -0.2) is 4.98 Å². The summed E-state index contributed by atoms with van der Waals surface area (Å²) in [6.07, 6.45) is 6.67. The number of benzene rings is 1. The van der Waals surface area contributed by atoms with Gasteiger partial charge in [0, 0.05) is 17.2 Å². The molecule has 6 heteroatoms. The number of aryl methyl sites for hydroxylation is 1. The number of aromatic nitrogens is 1. The summed E-state index contributed by atoms with van der Waals surface area (Å²) < 4.78 is 10.8. The lowest BCUT2D eigenvalue weighted by Gasteiger charge is -2.09. The third-order valence-electron chi connectivity index (χ3n) is 3.08. The Morgan fingerprint density at radius 2 is 2.25 bits per heavy atom. The molecule has 0 atom stereocenters. The van der Waals surface area contributed by atoms with Gasteiger partial charge in [-0.05, 0) is 30.7 Å². The molecule has 126 valence electrons. The number of carbonyl (C=O) groups is 1. The van der Waals surface area contributed by atoms with E-state index in [0.29, 0.717) is 24.7 Å². The van der Waals surface area contributed by atoms with E-state index in [4.69, 9.17) is 9.47 Å². The first kappa shape index (κ1) is 17.7. The number of hydrogen-bond acceptors (Lipinski definition) is 5. The van der Waals surface area contributed by atoms with Gasteiger partial charge in [0.25, 0.3) is 0 Å². The van der Waals surface area contributed by atoms with E-state index in [0.717, 1.165) is 15.4 Å². The summed E-state index contributed by atoms with van der Waals surface area (Å²) in [5.74, 6) is 1.09. The fraction of sp³-hybridized carbons (Fsp3) is 0.222. The van der Waals surface area contributed by atoms with E-state index in [9.17, 15) is 4.79 Å². The molecule has 1 N–H and O–H groups in total. The second-order valence-electron chi connectivity index (χ2n) is 4.91. The van der Waals surface area contributed by atoms with Crippen molar-refractivity contribution in [2.24, 2.45) is 0 Å². The van der Waals surface area contributed by atoms with Crippen LogP contribution in [0.2, 0.25) is 0 Å². The number of nitrogens with zero attached hydrogens (tertiary/aromatic N) is 1. The number of amides is 1. The number of thiazole rings is 1. The maximum atomic E-state index is 11.9. The summed E-state index contributed by atoms with van der Waals surface area (Å²) in [4.78, 5) is 17.1. The van der Waals surface area contributed by atoms with Crippen molar-refractivity contribution >= 4 is 23.3 Å². The highest BCUT2D eigenvalue weighted by Crippen LogP contribution is 2.28. The molecule has 0 radical (unpaired) electrons. The molecule has 1 aromatic carbocycles. The van der Waals surface area contributed by atoms with E-state index in [1.54, 1.807) is 42.9 Å². The van der Waals surface area contributed by atoms with Crippen LogP contribution in [0.25, 0.3) is 6.08 Å². The van der Waals surface area contributed by atoms with Crippen LogP contribution in [0.1, 0.15) is 15.4 Å². The van der Waals surface area contributed by atoms with Crippen molar-refractivity contribution in [1.82, 2.24) is 10.3 Å². The Morgan fingerprint density at radius 3 is 2.92 bits per heavy atom. The van der Waals surface area contributed by atoms with Crippen LogP contribution in [0.3, 0.4) is 0 Å². The van der Waals surface area contributed by atoms with Gasteiger partial charge in [0.05, 0.1) is 18.7 Å². The summed E-state index contributed by atoms with van der Waals surface area (Å²) in [7, 11) is 1.58. The molecule has 0 spiro atoms. The monoisotopic (exact) mass is 344 g/mol. The van der Waals surface area contributed by atoms with E-state index in [-0.39, 0.29) is 5.91 Å². The normalized spacial score (nSPS) is 10.6. The highest BCUT2D eigenvalue weighted by molar-refractivity contribution is 7.11. The van der Waals surface area contributed by atoms with Crippen molar-refractivity contribution < 1.29 is 14.3 Å². The van der Waals surface area contributed by atoms with Crippen LogP contribution in [0.4, 0.5) is 0 Å². The quantitative estimate of drug-likeness (QED) is 0.589. The van der Waals surface area contributed by atoms with Crippen molar-refractivity contribution in [3.05, 3.63) is 58.6 Å². The predicted octanol–water partition coefficient (Wildman–Crippen LogP) is 3.35. The van der Waals surface area contributed by atoms with Crippen molar-refractivity contribution in [3.63, 3.8) is 0 Å². The van der Waals surface area contributed by atoms with E-state index in [1.165, 1.54) is 6.08 Å². The van der Waals surface area contributed by atoms with Gasteiger partial charge in [0.2, 0.25) is 5.91 Å². The van der Waals surface area contributed by atoms with Crippen LogP contribution in [0, 0.1) is 6.92 Å². The molecule has 2 rings (SSSR count). The lowest BCUT2D eigenvalue weighted by Crippen LogP contribution is -2.19. The number of methoxy groups -OCH3 is 1. The lowest BCUT2D eigenvalue weighted by molar-refractivity contribution is -0.116. The SMILES string of the molecule is C=CCOc1ccc(C=CC(=O)NCc2cnc(C)s2)cc1OC. The number of carbonyl (C=O) groups excluding carboxylic acids is 1. The zero-order valence-electron chi connectivity index (χ0n) is 13.7. The van der Waals surface area contributed by atoms with Gasteiger partial charge in [-0.1, -0.05) is 18.7 Å². The molecule has 0 saturated carbocycles. The zero-order chi connectivity index (χ0) is 17.4. The Labute approximate surface area is 145 Å². The first-order valence-electron chi connectivity index (χ1n) is 7.41. The fourth-order valence-corrected chi connectivity index (χ4v) is 2.68. The zero-order valence-corrected chi connectivity index (χ0v) is 14.6. The van der Waals surface area contributed by atoms with Gasteiger partial charge in [-0.3, -0.25) is 4.79 Å². The average molecular weight is 344 g/mol. The van der Waals surface area contributed by atoms with Crippen LogP contribution in [-0.2, 0) is 11.3 Å². The van der Waals surface area contributed by atoms with Crippen LogP contribution < -0.4 is 14.8 Å². The third kappa shape index (κ3) is 5.24. The van der Waals surface area contributed by atoms with Crippen molar-refractivity contribution in [2.75, 3.05) is 13.7 Å². The average Bonchev–Trinajstić information content (AvgIpc) is 3.02. The summed E-state index contributed by atoms with van der Waals surface area (Å²) in [6, 6.07) is 5.48. The van der Waals surface area contributed by atoms with Gasteiger partial charge in [-0.15, -0.1) is 11.3 Å². The summed E-state index contributed by atoms with van der Waals surface area (Å²) in [5, 5.41) is 3.81. The van der Waals surface area contributed by atoms with Crippen molar-refractivity contribution in [1.29, 1.82) is 0 Å². The third-order valence-corrected chi connectivity index (χ3v) is 3.99. The molecule has 0 saturated heterocycles. The molecule has 2 aromatic rings. The molecule has 1 heterocycles. The lowest BCUT2D eigenvalue weighted by atomic mass is 10.2. The van der Waals surface area contributed by atoms with E-state index in [2.05, 4.69) is 16.9 Å². The van der Waals surface area contributed by atoms with Crippen LogP contribution in [0.15, 0.2) is 43.1 Å². The number of hydrogen-bond donors (Lipinski definition) is 1. The maximum absolute atomic E-state index is 11.9. The van der Waals surface area contributed by atoms with Crippen LogP contribution in [-0.4, -0.2) is 24.6 Å². The Kier molecular flexibility index (Phi) is 6.57. The minimum absolute atomic E-state index is 0.160. The van der Waals surface area contributed by atoms with E-state index < -0.39 is 0 Å². The van der Waals surface area contributed by atoms with Gasteiger partial charge in [0.15, 0.2) is 11.5 Å². The number of ether oxygens (including phenoxy) is 2. The largest absolute Gasteiger partial charge is 0.493 e. The molecule has 0 bridgehead atoms. The first-order valence-corrected chi connectivity index (χ1v) is 8.23. The molecule has 0 unspecified atom stereocenters. The van der Waals surface area contributed by atoms with Crippen molar-refractivity contribution in [2.45, 2.75) is 13.5 Å². The smallest absolute Gasteiger partial charge is 0.244 e. The minimum Gasteiger partial charge on any atom is -0.493 e. The number of rotatable bonds is 8. The fourth-order valence-electron chi connectivity index (χ4n) is 1.95. The first-order chi connectivity index (χ1) is 11.6. The standard InChI is InChI=1S/C18H20N2O3S/c1-4-9-23-16-7-5-14(10-17(16)22-3)6-8-18(21)20-12-15-11-19-13(2)24-15/h4-8,10-11H,1,9,12H2,2-3H3,(H,20,21). The van der Waals surface area contributed by atoms with Gasteiger partial charge in [-0.2, -0.15) is 0 Å².